The molecular formula is C24H28ClN3O3. The second-order valence-corrected chi connectivity index (χ2v) is 9.07. The van der Waals surface area contributed by atoms with Gasteiger partial charge in [-0.15, -0.1) is 12.4 Å². The van der Waals surface area contributed by atoms with Crippen molar-refractivity contribution in [3.05, 3.63) is 53.3 Å². The minimum absolute atomic E-state index is 0. The van der Waals surface area contributed by atoms with Crippen LogP contribution in [0.15, 0.2) is 36.5 Å². The van der Waals surface area contributed by atoms with Gasteiger partial charge in [0.1, 0.15) is 0 Å². The lowest BCUT2D eigenvalue weighted by Gasteiger charge is -2.33. The Balaban J connectivity index is 0.00000204. The largest absolute Gasteiger partial charge is 0.454 e. The van der Waals surface area contributed by atoms with Gasteiger partial charge < -0.3 is 14.4 Å². The van der Waals surface area contributed by atoms with E-state index in [1.54, 1.807) is 0 Å². The molecule has 4 heterocycles. The number of pyridine rings is 1. The third kappa shape index (κ3) is 3.56. The fourth-order valence-corrected chi connectivity index (χ4v) is 5.43. The quantitative estimate of drug-likeness (QED) is 0.702. The van der Waals surface area contributed by atoms with E-state index in [1.807, 2.05) is 18.3 Å². The lowest BCUT2D eigenvalue weighted by molar-refractivity contribution is 0.0671. The van der Waals surface area contributed by atoms with E-state index in [-0.39, 0.29) is 30.6 Å². The van der Waals surface area contributed by atoms with Crippen LogP contribution in [-0.4, -0.2) is 47.1 Å². The zero-order valence-electron chi connectivity index (χ0n) is 17.6. The lowest BCUT2D eigenvalue weighted by Crippen LogP contribution is -2.38. The number of fused-ring (bicyclic) bond motifs is 3. The Bertz CT molecular complexity index is 972. The number of halogens is 1. The summed E-state index contributed by atoms with van der Waals surface area (Å²) in [5.74, 6) is 2.36. The molecule has 1 aromatic heterocycles. The summed E-state index contributed by atoms with van der Waals surface area (Å²) in [4.78, 5) is 22.3. The summed E-state index contributed by atoms with van der Waals surface area (Å²) in [6.45, 7) is 4.27. The Hall–Kier alpha value is -2.31. The molecule has 4 aliphatic rings. The van der Waals surface area contributed by atoms with Crippen molar-refractivity contribution in [2.75, 3.05) is 26.4 Å². The number of likely N-dealkylation sites (tertiary alicyclic amines) is 1. The van der Waals surface area contributed by atoms with E-state index in [0.717, 1.165) is 68.0 Å². The zero-order valence-corrected chi connectivity index (χ0v) is 18.4. The molecule has 1 amide bonds. The highest BCUT2D eigenvalue weighted by molar-refractivity contribution is 6.01. The second-order valence-electron chi connectivity index (χ2n) is 9.07. The molecule has 1 saturated heterocycles. The van der Waals surface area contributed by atoms with Crippen LogP contribution in [0.1, 0.15) is 53.7 Å². The molecule has 1 saturated carbocycles. The van der Waals surface area contributed by atoms with Crippen LogP contribution in [0.5, 0.6) is 11.5 Å². The van der Waals surface area contributed by atoms with E-state index in [2.05, 4.69) is 33.0 Å². The number of aromatic nitrogens is 1. The van der Waals surface area contributed by atoms with Crippen molar-refractivity contribution >= 4 is 18.3 Å². The van der Waals surface area contributed by atoms with Crippen molar-refractivity contribution in [1.82, 2.24) is 14.8 Å². The Morgan fingerprint density at radius 3 is 2.58 bits per heavy atom. The number of rotatable bonds is 5. The van der Waals surface area contributed by atoms with Gasteiger partial charge in [0.2, 0.25) is 6.79 Å². The minimum atomic E-state index is -0.0763. The highest BCUT2D eigenvalue weighted by Gasteiger charge is 2.58. The van der Waals surface area contributed by atoms with Gasteiger partial charge in [0, 0.05) is 24.8 Å². The van der Waals surface area contributed by atoms with Gasteiger partial charge in [0.15, 0.2) is 11.5 Å². The van der Waals surface area contributed by atoms with Crippen molar-refractivity contribution in [1.29, 1.82) is 0 Å². The normalized spacial score (nSPS) is 21.3. The molecular weight excluding hydrogens is 414 g/mol. The van der Waals surface area contributed by atoms with Gasteiger partial charge in [-0.2, -0.15) is 0 Å². The van der Waals surface area contributed by atoms with Gasteiger partial charge in [-0.1, -0.05) is 6.07 Å². The van der Waals surface area contributed by atoms with Gasteiger partial charge in [0.05, 0.1) is 11.2 Å². The molecule has 6 nitrogen and oxygen atoms in total. The Morgan fingerprint density at radius 1 is 1.10 bits per heavy atom. The molecule has 0 unspecified atom stereocenters. The van der Waals surface area contributed by atoms with Crippen LogP contribution in [0.4, 0.5) is 0 Å². The second kappa shape index (κ2) is 7.99. The summed E-state index contributed by atoms with van der Waals surface area (Å²) in [5.41, 5.74) is 3.04. The van der Waals surface area contributed by atoms with Crippen LogP contribution in [0.25, 0.3) is 0 Å². The van der Waals surface area contributed by atoms with E-state index in [1.165, 1.54) is 12.8 Å². The number of hydrogen-bond donors (Lipinski definition) is 0. The summed E-state index contributed by atoms with van der Waals surface area (Å²) in [7, 11) is 0. The molecule has 1 aromatic carbocycles. The average Bonchev–Trinajstić information content (AvgIpc) is 3.38. The SMILES string of the molecule is Cl.O=C1c2cc3c(cc2C2(CC2)N1CCC1CCN(Cc2ccccn2)CC1)OCO3. The first-order valence-corrected chi connectivity index (χ1v) is 11.1. The van der Waals surface area contributed by atoms with Crippen LogP contribution >= 0.6 is 12.4 Å². The Kier molecular flexibility index (Phi) is 5.30. The number of piperidine rings is 1. The zero-order chi connectivity index (χ0) is 20.1. The highest BCUT2D eigenvalue weighted by atomic mass is 35.5. The number of benzene rings is 1. The van der Waals surface area contributed by atoms with E-state index in [0.29, 0.717) is 11.7 Å². The fourth-order valence-electron chi connectivity index (χ4n) is 5.43. The van der Waals surface area contributed by atoms with Crippen LogP contribution in [0.3, 0.4) is 0 Å². The molecule has 0 atom stereocenters. The van der Waals surface area contributed by atoms with Gasteiger partial charge in [-0.25, -0.2) is 0 Å². The summed E-state index contributed by atoms with van der Waals surface area (Å²) in [6.07, 6.45) is 7.48. The summed E-state index contributed by atoms with van der Waals surface area (Å²) in [5, 5.41) is 0. The first-order valence-electron chi connectivity index (χ1n) is 11.1. The maximum Gasteiger partial charge on any atom is 0.255 e. The fraction of sp³-hybridized carbons (Fsp3) is 0.500. The maximum absolute atomic E-state index is 13.2. The number of carbonyl (C=O) groups is 1. The van der Waals surface area contributed by atoms with Crippen molar-refractivity contribution < 1.29 is 14.3 Å². The van der Waals surface area contributed by atoms with E-state index < -0.39 is 0 Å². The van der Waals surface area contributed by atoms with Crippen molar-refractivity contribution in [2.24, 2.45) is 5.92 Å². The molecule has 1 aliphatic carbocycles. The van der Waals surface area contributed by atoms with Crippen molar-refractivity contribution in [3.63, 3.8) is 0 Å². The predicted octanol–water partition coefficient (Wildman–Crippen LogP) is 3.98. The number of ether oxygens (including phenoxy) is 2. The summed E-state index contributed by atoms with van der Waals surface area (Å²) < 4.78 is 11.1. The minimum Gasteiger partial charge on any atom is -0.454 e. The van der Waals surface area contributed by atoms with Crippen LogP contribution in [0, 0.1) is 5.92 Å². The van der Waals surface area contributed by atoms with Gasteiger partial charge >= 0.3 is 0 Å². The molecule has 3 aliphatic heterocycles. The molecule has 7 heteroatoms. The van der Waals surface area contributed by atoms with E-state index in [4.69, 9.17) is 9.47 Å². The number of carbonyl (C=O) groups excluding carboxylic acids is 1. The van der Waals surface area contributed by atoms with Crippen LogP contribution in [-0.2, 0) is 12.1 Å². The maximum atomic E-state index is 13.2. The smallest absolute Gasteiger partial charge is 0.255 e. The Labute approximate surface area is 188 Å². The predicted molar refractivity (Wildman–Crippen MR) is 119 cm³/mol. The number of hydrogen-bond acceptors (Lipinski definition) is 5. The summed E-state index contributed by atoms with van der Waals surface area (Å²) >= 11 is 0. The topological polar surface area (TPSA) is 54.9 Å². The van der Waals surface area contributed by atoms with Gasteiger partial charge in [-0.05, 0) is 80.9 Å². The molecule has 0 radical (unpaired) electrons. The molecule has 0 N–H and O–H groups in total. The molecule has 2 fully saturated rings. The molecule has 164 valence electrons. The van der Waals surface area contributed by atoms with Crippen molar-refractivity contribution in [2.45, 2.75) is 44.2 Å². The molecule has 0 bridgehead atoms. The molecule has 6 rings (SSSR count). The van der Waals surface area contributed by atoms with Crippen LogP contribution < -0.4 is 9.47 Å². The monoisotopic (exact) mass is 441 g/mol. The number of amides is 1. The molecule has 1 spiro atoms. The standard InChI is InChI=1S/C24H27N3O3.ClH/c28-23-19-13-21-22(30-16-29-21)14-20(19)24(7-8-24)27(23)12-6-17-4-10-26(11-5-17)15-18-3-1-2-9-25-18;/h1-3,9,13-14,17H,4-8,10-12,15-16H2;1H. The first-order chi connectivity index (χ1) is 14.7. The number of nitrogens with zero attached hydrogens (tertiary/aromatic N) is 3. The van der Waals surface area contributed by atoms with E-state index >= 15 is 0 Å². The first kappa shape index (κ1) is 20.6. The third-order valence-electron chi connectivity index (χ3n) is 7.31. The molecule has 31 heavy (non-hydrogen) atoms. The highest BCUT2D eigenvalue weighted by Crippen LogP contribution is 2.58. The van der Waals surface area contributed by atoms with Gasteiger partial charge in [-0.3, -0.25) is 14.7 Å². The Morgan fingerprint density at radius 2 is 1.87 bits per heavy atom. The van der Waals surface area contributed by atoms with Crippen molar-refractivity contribution in [3.8, 4) is 11.5 Å². The van der Waals surface area contributed by atoms with Gasteiger partial charge in [0.25, 0.3) is 5.91 Å². The average molecular weight is 442 g/mol. The van der Waals surface area contributed by atoms with E-state index in [9.17, 15) is 4.79 Å². The lowest BCUT2D eigenvalue weighted by atomic mass is 9.93. The molecule has 2 aromatic rings. The third-order valence-corrected chi connectivity index (χ3v) is 7.31. The summed E-state index contributed by atoms with van der Waals surface area (Å²) in [6, 6.07) is 10.1. The van der Waals surface area contributed by atoms with Crippen LogP contribution in [0.2, 0.25) is 0 Å².